The van der Waals surface area contributed by atoms with Crippen LogP contribution in [-0.4, -0.2) is 22.0 Å². The molecule has 25 heavy (non-hydrogen) atoms. The number of aromatic nitrogens is 1. The molecule has 1 aliphatic rings. The number of carbonyl (C=O) groups is 2. The molecule has 2 heterocycles. The molecule has 1 aliphatic heterocycles. The lowest BCUT2D eigenvalue weighted by molar-refractivity contribution is -0.121. The molecule has 0 bridgehead atoms. The summed E-state index contributed by atoms with van der Waals surface area (Å²) in [7, 11) is 0. The Hall–Kier alpha value is -3.16. The van der Waals surface area contributed by atoms with E-state index in [-0.39, 0.29) is 18.2 Å². The van der Waals surface area contributed by atoms with Crippen molar-refractivity contribution in [1.29, 1.82) is 10.5 Å². The molecule has 122 valence electrons. The summed E-state index contributed by atoms with van der Waals surface area (Å²) in [5, 5.41) is 17.9. The molecule has 6 nitrogen and oxygen atoms in total. The van der Waals surface area contributed by atoms with Gasteiger partial charge in [-0.15, -0.1) is 0 Å². The van der Waals surface area contributed by atoms with Gasteiger partial charge >= 0.3 is 0 Å². The normalized spacial score (nSPS) is 16.6. The predicted molar refractivity (Wildman–Crippen MR) is 91.6 cm³/mol. The zero-order valence-electron chi connectivity index (χ0n) is 13.3. The summed E-state index contributed by atoms with van der Waals surface area (Å²) < 4.78 is 0. The molecule has 1 saturated heterocycles. The molecule has 0 aliphatic carbocycles. The monoisotopic (exact) mass is 348 g/mol. The highest BCUT2D eigenvalue weighted by Crippen LogP contribution is 2.34. The van der Waals surface area contributed by atoms with Gasteiger partial charge in [-0.2, -0.15) is 10.5 Å². The Morgan fingerprint density at radius 3 is 2.48 bits per heavy atom. The number of nitriles is 2. The first-order valence-electron chi connectivity index (χ1n) is 7.45. The first kappa shape index (κ1) is 16.7. The van der Waals surface area contributed by atoms with Gasteiger partial charge in [-0.05, 0) is 43.3 Å². The number of nitrogens with zero attached hydrogens (tertiary/aromatic N) is 4. The van der Waals surface area contributed by atoms with Gasteiger partial charge in [-0.3, -0.25) is 9.59 Å². The lowest BCUT2D eigenvalue weighted by Gasteiger charge is -2.15. The second kappa shape index (κ2) is 6.76. The Labute approximate surface area is 148 Å². The fourth-order valence-corrected chi connectivity index (χ4v) is 3.63. The molecule has 2 amide bonds. The van der Waals surface area contributed by atoms with Crippen LogP contribution in [0.4, 0.5) is 5.69 Å². The summed E-state index contributed by atoms with van der Waals surface area (Å²) in [6, 6.07) is 13.7. The van der Waals surface area contributed by atoms with Crippen LogP contribution >= 0.6 is 11.8 Å². The zero-order chi connectivity index (χ0) is 18.0. The highest BCUT2D eigenvalue weighted by Gasteiger charge is 2.40. The highest BCUT2D eigenvalue weighted by atomic mass is 32.2. The molecule has 1 aromatic carbocycles. The number of imide groups is 1. The number of pyridine rings is 1. The molecule has 1 aromatic heterocycles. The van der Waals surface area contributed by atoms with Crippen molar-refractivity contribution in [2.45, 2.75) is 23.6 Å². The third-order valence-electron chi connectivity index (χ3n) is 3.73. The van der Waals surface area contributed by atoms with E-state index in [0.29, 0.717) is 21.8 Å². The van der Waals surface area contributed by atoms with Crippen LogP contribution in [0.15, 0.2) is 41.4 Å². The van der Waals surface area contributed by atoms with E-state index < -0.39 is 5.25 Å². The third-order valence-corrected chi connectivity index (χ3v) is 4.92. The zero-order valence-corrected chi connectivity index (χ0v) is 14.1. The molecule has 2 aromatic rings. The first-order valence-corrected chi connectivity index (χ1v) is 8.33. The molecule has 1 fully saturated rings. The Balaban J connectivity index is 1.85. The third kappa shape index (κ3) is 3.23. The van der Waals surface area contributed by atoms with E-state index in [1.165, 1.54) is 0 Å². The SMILES string of the molecule is Cc1ccc(C#N)c(SC2CC(=O)N(c3ccc(C#N)cc3)C2=O)n1. The van der Waals surface area contributed by atoms with Crippen molar-refractivity contribution in [2.75, 3.05) is 4.90 Å². The fourth-order valence-electron chi connectivity index (χ4n) is 2.50. The van der Waals surface area contributed by atoms with E-state index in [1.807, 2.05) is 6.07 Å². The smallest absolute Gasteiger partial charge is 0.247 e. The van der Waals surface area contributed by atoms with Gasteiger partial charge in [-0.25, -0.2) is 9.88 Å². The van der Waals surface area contributed by atoms with Gasteiger partial charge < -0.3 is 0 Å². The Bertz CT molecular complexity index is 941. The van der Waals surface area contributed by atoms with Gasteiger partial charge in [-0.1, -0.05) is 11.8 Å². The number of hydrogen-bond donors (Lipinski definition) is 0. The molecule has 3 rings (SSSR count). The number of hydrogen-bond acceptors (Lipinski definition) is 6. The minimum atomic E-state index is -0.621. The van der Waals surface area contributed by atoms with E-state index >= 15 is 0 Å². The molecule has 0 radical (unpaired) electrons. The van der Waals surface area contributed by atoms with Crippen molar-refractivity contribution in [1.82, 2.24) is 4.98 Å². The molecule has 0 spiro atoms. The number of aryl methyl sites for hydroxylation is 1. The van der Waals surface area contributed by atoms with Crippen LogP contribution in [0.1, 0.15) is 23.2 Å². The second-order valence-corrected chi connectivity index (χ2v) is 6.65. The summed E-state index contributed by atoms with van der Waals surface area (Å²) in [4.78, 5) is 30.4. The van der Waals surface area contributed by atoms with Gasteiger partial charge in [0.05, 0.1) is 28.1 Å². The average molecular weight is 348 g/mol. The molecule has 0 saturated carbocycles. The van der Waals surface area contributed by atoms with E-state index in [0.717, 1.165) is 22.4 Å². The molecule has 1 atom stereocenters. The van der Waals surface area contributed by atoms with Crippen LogP contribution in [-0.2, 0) is 9.59 Å². The Morgan fingerprint density at radius 2 is 1.84 bits per heavy atom. The number of rotatable bonds is 3. The summed E-state index contributed by atoms with van der Waals surface area (Å²) in [5.74, 6) is -0.648. The van der Waals surface area contributed by atoms with Crippen molar-refractivity contribution in [3.8, 4) is 12.1 Å². The van der Waals surface area contributed by atoms with Crippen molar-refractivity contribution in [3.63, 3.8) is 0 Å². The van der Waals surface area contributed by atoms with Crippen LogP contribution in [0.2, 0.25) is 0 Å². The Morgan fingerprint density at radius 1 is 1.12 bits per heavy atom. The van der Waals surface area contributed by atoms with Gasteiger partial charge in [0, 0.05) is 12.1 Å². The maximum absolute atomic E-state index is 12.7. The maximum Gasteiger partial charge on any atom is 0.247 e. The van der Waals surface area contributed by atoms with Crippen LogP contribution in [0.5, 0.6) is 0 Å². The van der Waals surface area contributed by atoms with E-state index in [4.69, 9.17) is 5.26 Å². The van der Waals surface area contributed by atoms with E-state index in [9.17, 15) is 14.9 Å². The number of carbonyl (C=O) groups excluding carboxylic acids is 2. The largest absolute Gasteiger partial charge is 0.274 e. The number of anilines is 1. The lowest BCUT2D eigenvalue weighted by atomic mass is 10.2. The molecule has 1 unspecified atom stereocenters. The standard InChI is InChI=1S/C18H12N4O2S/c1-11-2-5-13(10-20)17(21-11)25-15-8-16(23)22(18(15)24)14-6-3-12(9-19)4-7-14/h2-7,15H,8H2,1H3. The van der Waals surface area contributed by atoms with Crippen molar-refractivity contribution in [3.05, 3.63) is 53.2 Å². The Kier molecular flexibility index (Phi) is 4.51. The number of benzene rings is 1. The number of thioether (sulfide) groups is 1. The highest BCUT2D eigenvalue weighted by molar-refractivity contribution is 8.00. The molecule has 7 heteroatoms. The summed E-state index contributed by atoms with van der Waals surface area (Å²) in [5.41, 5.74) is 2.01. The topological polar surface area (TPSA) is 97.9 Å². The second-order valence-electron chi connectivity index (χ2n) is 5.45. The van der Waals surface area contributed by atoms with E-state index in [2.05, 4.69) is 11.1 Å². The summed E-state index contributed by atoms with van der Waals surface area (Å²) in [6.45, 7) is 1.80. The van der Waals surface area contributed by atoms with E-state index in [1.54, 1.807) is 43.3 Å². The van der Waals surface area contributed by atoms with Crippen LogP contribution in [0.3, 0.4) is 0 Å². The van der Waals surface area contributed by atoms with Crippen LogP contribution < -0.4 is 4.90 Å². The first-order chi connectivity index (χ1) is 12.0. The molecular weight excluding hydrogens is 336 g/mol. The lowest BCUT2D eigenvalue weighted by Crippen LogP contribution is -2.31. The molecule has 0 N–H and O–H groups in total. The van der Waals surface area contributed by atoms with Gasteiger partial charge in [0.1, 0.15) is 11.1 Å². The summed E-state index contributed by atoms with van der Waals surface area (Å²) in [6.07, 6.45) is 0.0456. The number of amides is 2. The van der Waals surface area contributed by atoms with Gasteiger partial charge in [0.15, 0.2) is 0 Å². The van der Waals surface area contributed by atoms with Crippen molar-refractivity contribution in [2.24, 2.45) is 0 Å². The van der Waals surface area contributed by atoms with Crippen LogP contribution in [0.25, 0.3) is 0 Å². The minimum absolute atomic E-state index is 0.0456. The quantitative estimate of drug-likeness (QED) is 0.791. The minimum Gasteiger partial charge on any atom is -0.274 e. The average Bonchev–Trinajstić information content (AvgIpc) is 2.89. The van der Waals surface area contributed by atoms with Gasteiger partial charge in [0.25, 0.3) is 0 Å². The summed E-state index contributed by atoms with van der Waals surface area (Å²) >= 11 is 1.14. The predicted octanol–water partition coefficient (Wildman–Crippen LogP) is 2.56. The van der Waals surface area contributed by atoms with Gasteiger partial charge in [0.2, 0.25) is 11.8 Å². The maximum atomic E-state index is 12.7. The fraction of sp³-hybridized carbons (Fsp3) is 0.167. The van der Waals surface area contributed by atoms with Crippen molar-refractivity contribution < 1.29 is 9.59 Å². The van der Waals surface area contributed by atoms with Crippen LogP contribution in [0, 0.1) is 29.6 Å². The van der Waals surface area contributed by atoms with Crippen molar-refractivity contribution >= 4 is 29.3 Å². The molecular formula is C18H12N4O2S.